The van der Waals surface area contributed by atoms with E-state index in [4.69, 9.17) is 0 Å². The largest absolute Gasteiger partial charge is 0.275 e. The Morgan fingerprint density at radius 3 is 2.53 bits per heavy atom. The second-order valence-corrected chi connectivity index (χ2v) is 3.56. The lowest BCUT2D eigenvalue weighted by Gasteiger charge is -1.94. The van der Waals surface area contributed by atoms with E-state index in [1.54, 1.807) is 0 Å². The molecule has 0 bridgehead atoms. The first-order valence-electron chi connectivity index (χ1n) is 5.50. The first kappa shape index (κ1) is 11.7. The van der Waals surface area contributed by atoms with E-state index in [1.165, 1.54) is 11.8 Å². The molecule has 3 heteroatoms. The predicted molar refractivity (Wildman–Crippen MR) is 63.9 cm³/mol. The lowest BCUT2D eigenvalue weighted by Crippen LogP contribution is -1.90. The number of hydrogen-bond donors (Lipinski definition) is 0. The van der Waals surface area contributed by atoms with Crippen molar-refractivity contribution in [3.63, 3.8) is 0 Å². The van der Waals surface area contributed by atoms with Gasteiger partial charge in [-0.05, 0) is 12.5 Å². The van der Waals surface area contributed by atoms with Crippen molar-refractivity contribution in [2.45, 2.75) is 33.6 Å². The number of hydrogen-bond acceptors (Lipinski definition) is 2. The highest BCUT2D eigenvalue weighted by Gasteiger charge is 2.02. The van der Waals surface area contributed by atoms with E-state index in [1.807, 2.05) is 30.2 Å². The fraction of sp³-hybridized carbons (Fsp3) is 0.500. The van der Waals surface area contributed by atoms with Crippen molar-refractivity contribution < 1.29 is 0 Å². The molecule has 2 aromatic heterocycles. The van der Waals surface area contributed by atoms with Crippen LogP contribution in [0.15, 0.2) is 18.5 Å². The number of pyridine rings is 1. The smallest absolute Gasteiger partial charge is 0.114 e. The molecular formula is C12H19N3. The molecular weight excluding hydrogens is 186 g/mol. The minimum absolute atomic E-state index is 0.939. The number of nitrogens with zero attached hydrogens (tertiary/aromatic N) is 3. The topological polar surface area (TPSA) is 30.7 Å². The molecule has 0 aliphatic heterocycles. The molecule has 0 unspecified atom stereocenters. The summed E-state index contributed by atoms with van der Waals surface area (Å²) in [5.41, 5.74) is 2.11. The minimum Gasteiger partial charge on any atom is -0.275 e. The summed E-state index contributed by atoms with van der Waals surface area (Å²) >= 11 is 0. The molecule has 0 atom stereocenters. The standard InChI is InChI=1S/C9H11N3.C3H8/c1-3-8-9-7(4-5-10-8)6-12(2)11-9;1-3-2/h4-6H,3H2,1-2H3;3H2,1-2H3. The van der Waals surface area contributed by atoms with Gasteiger partial charge >= 0.3 is 0 Å². The second kappa shape index (κ2) is 5.49. The Kier molecular flexibility index (Phi) is 4.28. The fourth-order valence-corrected chi connectivity index (χ4v) is 1.38. The van der Waals surface area contributed by atoms with E-state index >= 15 is 0 Å². The quantitative estimate of drug-likeness (QED) is 0.716. The van der Waals surface area contributed by atoms with Gasteiger partial charge in [-0.2, -0.15) is 5.10 Å². The number of aromatic nitrogens is 3. The van der Waals surface area contributed by atoms with Gasteiger partial charge in [-0.1, -0.05) is 27.2 Å². The Hall–Kier alpha value is -1.38. The Balaban J connectivity index is 0.000000337. The van der Waals surface area contributed by atoms with Crippen LogP contribution in [0, 0.1) is 0 Å². The van der Waals surface area contributed by atoms with Crippen molar-refractivity contribution in [1.29, 1.82) is 0 Å². The van der Waals surface area contributed by atoms with Gasteiger partial charge in [-0.3, -0.25) is 9.67 Å². The molecule has 82 valence electrons. The second-order valence-electron chi connectivity index (χ2n) is 3.56. The molecule has 3 nitrogen and oxygen atoms in total. The lowest BCUT2D eigenvalue weighted by atomic mass is 10.2. The van der Waals surface area contributed by atoms with Crippen molar-refractivity contribution >= 4 is 10.9 Å². The SMILES string of the molecule is CCC.CCc1nccc2cn(C)nc12. The van der Waals surface area contributed by atoms with Gasteiger partial charge in [0.05, 0.1) is 5.69 Å². The maximum absolute atomic E-state index is 4.34. The minimum atomic E-state index is 0.939. The Bertz CT molecular complexity index is 418. The predicted octanol–water partition coefficient (Wildman–Crippen LogP) is 2.95. The maximum atomic E-state index is 4.34. The maximum Gasteiger partial charge on any atom is 0.114 e. The molecule has 0 radical (unpaired) electrons. The molecule has 2 aromatic rings. The zero-order valence-electron chi connectivity index (χ0n) is 9.99. The molecule has 0 aliphatic rings. The first-order valence-corrected chi connectivity index (χ1v) is 5.50. The van der Waals surface area contributed by atoms with Gasteiger partial charge in [0.15, 0.2) is 0 Å². The molecule has 15 heavy (non-hydrogen) atoms. The molecule has 0 aromatic carbocycles. The van der Waals surface area contributed by atoms with Crippen molar-refractivity contribution in [2.75, 3.05) is 0 Å². The average Bonchev–Trinajstić information content (AvgIpc) is 2.58. The van der Waals surface area contributed by atoms with E-state index in [0.717, 1.165) is 17.6 Å². The van der Waals surface area contributed by atoms with Crippen molar-refractivity contribution in [3.05, 3.63) is 24.2 Å². The van der Waals surface area contributed by atoms with E-state index in [2.05, 4.69) is 30.9 Å². The highest BCUT2D eigenvalue weighted by Crippen LogP contribution is 2.13. The zero-order chi connectivity index (χ0) is 11.3. The third kappa shape index (κ3) is 2.78. The van der Waals surface area contributed by atoms with Gasteiger partial charge in [0, 0.05) is 24.8 Å². The van der Waals surface area contributed by atoms with Gasteiger partial charge in [-0.15, -0.1) is 0 Å². The van der Waals surface area contributed by atoms with Crippen LogP contribution in [0.2, 0.25) is 0 Å². The van der Waals surface area contributed by atoms with Crippen LogP contribution in [0.25, 0.3) is 10.9 Å². The average molecular weight is 205 g/mol. The molecule has 0 fully saturated rings. The van der Waals surface area contributed by atoms with Gasteiger partial charge in [0.2, 0.25) is 0 Å². The Morgan fingerprint density at radius 2 is 1.93 bits per heavy atom. The zero-order valence-corrected chi connectivity index (χ0v) is 9.99. The highest BCUT2D eigenvalue weighted by atomic mass is 15.2. The third-order valence-electron chi connectivity index (χ3n) is 1.95. The van der Waals surface area contributed by atoms with E-state index in [9.17, 15) is 0 Å². The summed E-state index contributed by atoms with van der Waals surface area (Å²) in [7, 11) is 1.93. The summed E-state index contributed by atoms with van der Waals surface area (Å²) in [6, 6.07) is 1.99. The molecule has 0 N–H and O–H groups in total. The number of fused-ring (bicyclic) bond motifs is 1. The molecule has 0 saturated heterocycles. The van der Waals surface area contributed by atoms with Crippen LogP contribution < -0.4 is 0 Å². The van der Waals surface area contributed by atoms with Crippen LogP contribution in [0.5, 0.6) is 0 Å². The summed E-state index contributed by atoms with van der Waals surface area (Å²) in [6.07, 6.45) is 6.04. The third-order valence-corrected chi connectivity index (χ3v) is 1.95. The molecule has 0 amide bonds. The summed E-state index contributed by atoms with van der Waals surface area (Å²) < 4.78 is 1.82. The Morgan fingerprint density at radius 1 is 1.27 bits per heavy atom. The van der Waals surface area contributed by atoms with Crippen molar-refractivity contribution in [3.8, 4) is 0 Å². The van der Waals surface area contributed by atoms with E-state index < -0.39 is 0 Å². The van der Waals surface area contributed by atoms with Crippen LogP contribution in [0.4, 0.5) is 0 Å². The van der Waals surface area contributed by atoms with Gasteiger partial charge in [0.1, 0.15) is 5.52 Å². The molecule has 2 heterocycles. The van der Waals surface area contributed by atoms with Crippen LogP contribution in [-0.2, 0) is 13.5 Å². The first-order chi connectivity index (χ1) is 7.22. The molecule has 2 rings (SSSR count). The monoisotopic (exact) mass is 205 g/mol. The summed E-state index contributed by atoms with van der Waals surface area (Å²) in [5.74, 6) is 0. The van der Waals surface area contributed by atoms with Crippen molar-refractivity contribution in [2.24, 2.45) is 7.05 Å². The molecule has 0 spiro atoms. The van der Waals surface area contributed by atoms with Gasteiger partial charge < -0.3 is 0 Å². The number of aryl methyl sites for hydroxylation is 2. The molecule has 0 aliphatic carbocycles. The van der Waals surface area contributed by atoms with Crippen LogP contribution in [0.1, 0.15) is 32.9 Å². The summed E-state index contributed by atoms with van der Waals surface area (Å²) in [5, 5.41) is 5.51. The van der Waals surface area contributed by atoms with E-state index in [-0.39, 0.29) is 0 Å². The van der Waals surface area contributed by atoms with Crippen LogP contribution in [-0.4, -0.2) is 14.8 Å². The van der Waals surface area contributed by atoms with E-state index in [0.29, 0.717) is 0 Å². The Labute approximate surface area is 91.1 Å². The summed E-state index contributed by atoms with van der Waals surface area (Å²) in [4.78, 5) is 4.26. The summed E-state index contributed by atoms with van der Waals surface area (Å²) in [6.45, 7) is 6.34. The van der Waals surface area contributed by atoms with Gasteiger partial charge in [0.25, 0.3) is 0 Å². The normalized spacial score (nSPS) is 9.87. The highest BCUT2D eigenvalue weighted by molar-refractivity contribution is 5.79. The van der Waals surface area contributed by atoms with Crippen LogP contribution in [0.3, 0.4) is 0 Å². The van der Waals surface area contributed by atoms with Crippen LogP contribution >= 0.6 is 0 Å². The fourth-order valence-electron chi connectivity index (χ4n) is 1.38. The van der Waals surface area contributed by atoms with Gasteiger partial charge in [-0.25, -0.2) is 0 Å². The lowest BCUT2D eigenvalue weighted by molar-refractivity contribution is 0.777. The van der Waals surface area contributed by atoms with Crippen molar-refractivity contribution in [1.82, 2.24) is 14.8 Å². The number of rotatable bonds is 1. The molecule has 0 saturated carbocycles.